The molecule has 1 aromatic carbocycles. The number of carbonyl (C=O) groups excluding carboxylic acids is 1. The molecule has 1 saturated heterocycles. The maximum atomic E-state index is 12.1. The molecule has 0 saturated carbocycles. The van der Waals surface area contributed by atoms with Crippen LogP contribution in [0.4, 0.5) is 0 Å². The van der Waals surface area contributed by atoms with Crippen LogP contribution in [0.15, 0.2) is 22.7 Å². The number of nitrogens with one attached hydrogen (secondary N) is 1. The lowest BCUT2D eigenvalue weighted by atomic mass is 10.2. The first-order valence-corrected chi connectivity index (χ1v) is 7.96. The van der Waals surface area contributed by atoms with Crippen molar-refractivity contribution in [2.24, 2.45) is 0 Å². The maximum absolute atomic E-state index is 12.1. The van der Waals surface area contributed by atoms with Gasteiger partial charge in [-0.1, -0.05) is 0 Å². The highest BCUT2D eigenvalue weighted by Crippen LogP contribution is 2.21. The summed E-state index contributed by atoms with van der Waals surface area (Å²) >= 11 is 5.48. The second-order valence-corrected chi connectivity index (χ2v) is 6.60. The van der Waals surface area contributed by atoms with Gasteiger partial charge in [0.2, 0.25) is 0 Å². The maximum Gasteiger partial charge on any atom is 0.332 e. The van der Waals surface area contributed by atoms with Gasteiger partial charge in [-0.15, -0.1) is 0 Å². The molecule has 1 fully saturated rings. The summed E-state index contributed by atoms with van der Waals surface area (Å²) in [7, 11) is 0. The van der Waals surface area contributed by atoms with Crippen molar-refractivity contribution in [1.82, 2.24) is 5.32 Å². The van der Waals surface area contributed by atoms with Crippen LogP contribution in [0.5, 0.6) is 0 Å². The second-order valence-electron chi connectivity index (χ2n) is 4.50. The number of halogens is 2. The Kier molecular flexibility index (Phi) is 5.39. The van der Waals surface area contributed by atoms with E-state index in [0.717, 1.165) is 8.04 Å². The summed E-state index contributed by atoms with van der Waals surface area (Å²) in [5, 5.41) is 11.6. The van der Waals surface area contributed by atoms with E-state index in [2.05, 4.69) is 43.8 Å². The lowest BCUT2D eigenvalue weighted by Crippen LogP contribution is -2.33. The van der Waals surface area contributed by atoms with Crippen LogP contribution in [0.3, 0.4) is 0 Å². The molecule has 1 aromatic rings. The van der Waals surface area contributed by atoms with Crippen LogP contribution >= 0.6 is 38.5 Å². The average Bonchev–Trinajstić information content (AvgIpc) is 2.88. The number of hydrogen-bond donors (Lipinski definition) is 2. The van der Waals surface area contributed by atoms with Crippen LogP contribution in [0.25, 0.3) is 0 Å². The highest BCUT2D eigenvalue weighted by Gasteiger charge is 2.30. The summed E-state index contributed by atoms with van der Waals surface area (Å²) in [5.74, 6) is -1.14. The van der Waals surface area contributed by atoms with Gasteiger partial charge >= 0.3 is 5.97 Å². The van der Waals surface area contributed by atoms with Crippen molar-refractivity contribution in [3.8, 4) is 0 Å². The molecule has 0 aliphatic carbocycles. The number of rotatable bonds is 4. The van der Waals surface area contributed by atoms with Gasteiger partial charge in [0.1, 0.15) is 0 Å². The Bertz CT molecular complexity index is 537. The van der Waals surface area contributed by atoms with Crippen LogP contribution < -0.4 is 5.32 Å². The summed E-state index contributed by atoms with van der Waals surface area (Å²) in [6.45, 7) is 0.320. The average molecular weight is 454 g/mol. The van der Waals surface area contributed by atoms with E-state index in [4.69, 9.17) is 9.84 Å². The molecule has 108 valence electrons. The van der Waals surface area contributed by atoms with E-state index in [-0.39, 0.29) is 12.0 Å². The largest absolute Gasteiger partial charge is 0.479 e. The fourth-order valence-corrected chi connectivity index (χ4v) is 2.93. The Hall–Kier alpha value is -0.670. The predicted octanol–water partition coefficient (Wildman–Crippen LogP) is 2.42. The molecule has 0 radical (unpaired) electrons. The van der Waals surface area contributed by atoms with Crippen LogP contribution in [-0.2, 0) is 9.53 Å². The molecule has 20 heavy (non-hydrogen) atoms. The lowest BCUT2D eigenvalue weighted by Gasteiger charge is -2.13. The minimum Gasteiger partial charge on any atom is -0.479 e. The Morgan fingerprint density at radius 2 is 2.20 bits per heavy atom. The van der Waals surface area contributed by atoms with Gasteiger partial charge in [0.15, 0.2) is 6.10 Å². The van der Waals surface area contributed by atoms with Gasteiger partial charge in [0, 0.05) is 14.6 Å². The van der Waals surface area contributed by atoms with Gasteiger partial charge in [-0.05, 0) is 69.6 Å². The molecular weight excluding hydrogens is 441 g/mol. The standard InChI is InChI=1S/C13H13BrINO4/c14-10-3-1-7(15)5-9(10)12(17)16-6-8-2-4-11(20-8)13(18)19/h1,3,5,8,11H,2,4,6H2,(H,16,17)(H,18,19). The van der Waals surface area contributed by atoms with Crippen LogP contribution in [0, 0.1) is 3.57 Å². The van der Waals surface area contributed by atoms with Crippen LogP contribution in [-0.4, -0.2) is 35.7 Å². The predicted molar refractivity (Wildman–Crippen MR) is 84.7 cm³/mol. The van der Waals surface area contributed by atoms with Crippen molar-refractivity contribution in [3.63, 3.8) is 0 Å². The molecule has 1 aliphatic rings. The molecule has 0 aromatic heterocycles. The van der Waals surface area contributed by atoms with E-state index < -0.39 is 12.1 Å². The molecule has 0 spiro atoms. The van der Waals surface area contributed by atoms with Crippen molar-refractivity contribution < 1.29 is 19.4 Å². The first-order valence-electron chi connectivity index (χ1n) is 6.09. The Balaban J connectivity index is 1.90. The van der Waals surface area contributed by atoms with Gasteiger partial charge in [0.05, 0.1) is 11.7 Å². The first kappa shape index (κ1) is 15.7. The van der Waals surface area contributed by atoms with E-state index in [9.17, 15) is 9.59 Å². The summed E-state index contributed by atoms with van der Waals surface area (Å²) in [4.78, 5) is 22.8. The molecule has 2 rings (SSSR count). The molecular formula is C13H13BrINO4. The molecule has 1 aliphatic heterocycles. The van der Waals surface area contributed by atoms with Crippen molar-refractivity contribution in [2.75, 3.05) is 6.54 Å². The lowest BCUT2D eigenvalue weighted by molar-refractivity contribution is -0.149. The monoisotopic (exact) mass is 453 g/mol. The van der Waals surface area contributed by atoms with E-state index >= 15 is 0 Å². The van der Waals surface area contributed by atoms with Gasteiger partial charge in [0.25, 0.3) is 5.91 Å². The Labute approximate surface area is 138 Å². The van der Waals surface area contributed by atoms with Gasteiger partial charge in [-0.25, -0.2) is 4.79 Å². The van der Waals surface area contributed by atoms with E-state index in [1.54, 1.807) is 6.07 Å². The molecule has 1 heterocycles. The Morgan fingerprint density at radius 3 is 2.85 bits per heavy atom. The van der Waals surface area contributed by atoms with E-state index in [1.165, 1.54) is 0 Å². The van der Waals surface area contributed by atoms with Crippen LogP contribution in [0.2, 0.25) is 0 Å². The van der Waals surface area contributed by atoms with Gasteiger partial charge < -0.3 is 15.2 Å². The zero-order chi connectivity index (χ0) is 14.7. The molecule has 2 N–H and O–H groups in total. The molecule has 2 unspecified atom stereocenters. The number of aliphatic carboxylic acids is 1. The smallest absolute Gasteiger partial charge is 0.332 e. The van der Waals surface area contributed by atoms with E-state index in [1.807, 2.05) is 12.1 Å². The number of carboxylic acid groups (broad SMARTS) is 1. The fraction of sp³-hybridized carbons (Fsp3) is 0.385. The number of ether oxygens (including phenoxy) is 1. The minimum atomic E-state index is -0.945. The summed E-state index contributed by atoms with van der Waals surface area (Å²) in [5.41, 5.74) is 0.560. The quantitative estimate of drug-likeness (QED) is 0.686. The topological polar surface area (TPSA) is 75.6 Å². The highest BCUT2D eigenvalue weighted by molar-refractivity contribution is 14.1. The number of carboxylic acids is 1. The molecule has 5 nitrogen and oxygen atoms in total. The minimum absolute atomic E-state index is 0.197. The molecule has 2 atom stereocenters. The first-order chi connectivity index (χ1) is 9.47. The van der Waals surface area contributed by atoms with Crippen LogP contribution in [0.1, 0.15) is 23.2 Å². The van der Waals surface area contributed by atoms with Gasteiger partial charge in [-0.3, -0.25) is 4.79 Å². The number of carbonyl (C=O) groups is 2. The third-order valence-electron chi connectivity index (χ3n) is 3.05. The fourth-order valence-electron chi connectivity index (χ4n) is 2.01. The zero-order valence-corrected chi connectivity index (χ0v) is 14.2. The molecule has 0 bridgehead atoms. The van der Waals surface area contributed by atoms with Crippen molar-refractivity contribution >= 4 is 50.4 Å². The normalized spacial score (nSPS) is 21.7. The van der Waals surface area contributed by atoms with Gasteiger partial charge in [-0.2, -0.15) is 0 Å². The number of amides is 1. The third-order valence-corrected chi connectivity index (χ3v) is 4.41. The molecule has 7 heteroatoms. The molecule has 1 amide bonds. The van der Waals surface area contributed by atoms with E-state index in [0.29, 0.717) is 24.9 Å². The Morgan fingerprint density at radius 1 is 1.45 bits per heavy atom. The third kappa shape index (κ3) is 3.92. The second kappa shape index (κ2) is 6.86. The SMILES string of the molecule is O=C(NCC1CCC(C(=O)O)O1)c1cc(I)ccc1Br. The summed E-state index contributed by atoms with van der Waals surface area (Å²) in [6.07, 6.45) is 0.149. The summed E-state index contributed by atoms with van der Waals surface area (Å²) < 4.78 is 7.03. The van der Waals surface area contributed by atoms with Crippen molar-refractivity contribution in [3.05, 3.63) is 31.8 Å². The zero-order valence-electron chi connectivity index (χ0n) is 10.4. The number of benzene rings is 1. The number of hydrogen-bond acceptors (Lipinski definition) is 3. The van der Waals surface area contributed by atoms with Crippen molar-refractivity contribution in [2.45, 2.75) is 25.0 Å². The van der Waals surface area contributed by atoms with Crippen molar-refractivity contribution in [1.29, 1.82) is 0 Å². The highest BCUT2D eigenvalue weighted by atomic mass is 127. The summed E-state index contributed by atoms with van der Waals surface area (Å²) in [6, 6.07) is 5.51.